The molecule has 1 aliphatic heterocycles. The van der Waals surface area contributed by atoms with Crippen LogP contribution in [0.25, 0.3) is 0 Å². The van der Waals surface area contributed by atoms with Crippen LogP contribution in [0.5, 0.6) is 0 Å². The normalized spacial score (nSPS) is 24.8. The van der Waals surface area contributed by atoms with Crippen molar-refractivity contribution in [3.05, 3.63) is 0 Å². The lowest BCUT2D eigenvalue weighted by Gasteiger charge is -2.25. The van der Waals surface area contributed by atoms with Crippen LogP contribution in [0, 0.1) is 5.92 Å². The summed E-state index contributed by atoms with van der Waals surface area (Å²) in [6, 6.07) is 0.781. The van der Waals surface area contributed by atoms with Crippen molar-refractivity contribution in [1.29, 1.82) is 0 Å². The Morgan fingerprint density at radius 2 is 1.96 bits per heavy atom. The number of carbonyl (C=O) groups excluding carboxylic acids is 1. The Hall–Kier alpha value is -0.810. The molecule has 5 nitrogen and oxygen atoms in total. The third kappa shape index (κ3) is 7.08. The van der Waals surface area contributed by atoms with Crippen molar-refractivity contribution in [2.75, 3.05) is 26.2 Å². The maximum atomic E-state index is 12.0. The molecule has 0 aromatic heterocycles. The number of ether oxygens (including phenoxy) is 1. The van der Waals surface area contributed by atoms with E-state index in [1.54, 1.807) is 0 Å². The van der Waals surface area contributed by atoms with Gasteiger partial charge in [-0.15, -0.1) is 0 Å². The van der Waals surface area contributed by atoms with E-state index in [-0.39, 0.29) is 12.1 Å². The van der Waals surface area contributed by atoms with Crippen LogP contribution in [0.1, 0.15) is 59.8 Å². The maximum Gasteiger partial charge on any atom is 0.407 e. The van der Waals surface area contributed by atoms with Crippen LogP contribution < -0.4 is 10.6 Å². The van der Waals surface area contributed by atoms with Crippen molar-refractivity contribution in [3.63, 3.8) is 0 Å². The van der Waals surface area contributed by atoms with Crippen LogP contribution >= 0.6 is 0 Å². The zero-order valence-electron chi connectivity index (χ0n) is 15.4. The minimum Gasteiger partial charge on any atom is -0.444 e. The highest BCUT2D eigenvalue weighted by Gasteiger charge is 2.33. The van der Waals surface area contributed by atoms with Gasteiger partial charge in [-0.2, -0.15) is 0 Å². The van der Waals surface area contributed by atoms with E-state index >= 15 is 0 Å². The molecule has 2 fully saturated rings. The Morgan fingerprint density at radius 1 is 1.22 bits per heavy atom. The number of nitrogens with zero attached hydrogens (tertiary/aromatic N) is 1. The lowest BCUT2D eigenvalue weighted by Crippen LogP contribution is -2.47. The van der Waals surface area contributed by atoms with Gasteiger partial charge in [0, 0.05) is 18.6 Å². The van der Waals surface area contributed by atoms with Gasteiger partial charge in [0.25, 0.3) is 0 Å². The predicted octanol–water partition coefficient (Wildman–Crippen LogP) is 2.75. The third-order valence-electron chi connectivity index (χ3n) is 4.79. The van der Waals surface area contributed by atoms with Gasteiger partial charge in [0.05, 0.1) is 0 Å². The van der Waals surface area contributed by atoms with Crippen molar-refractivity contribution >= 4 is 6.09 Å². The predicted molar refractivity (Wildman–Crippen MR) is 93.6 cm³/mol. The zero-order chi connectivity index (χ0) is 16.9. The molecule has 0 aromatic carbocycles. The minimum atomic E-state index is -0.434. The smallest absolute Gasteiger partial charge is 0.407 e. The van der Waals surface area contributed by atoms with Gasteiger partial charge in [0.15, 0.2) is 0 Å². The monoisotopic (exact) mass is 325 g/mol. The molecule has 134 valence electrons. The molecule has 2 atom stereocenters. The van der Waals surface area contributed by atoms with Gasteiger partial charge >= 0.3 is 6.09 Å². The van der Waals surface area contributed by atoms with E-state index in [0.717, 1.165) is 13.1 Å². The fourth-order valence-corrected chi connectivity index (χ4v) is 3.26. The van der Waals surface area contributed by atoms with E-state index in [4.69, 9.17) is 4.74 Å². The summed E-state index contributed by atoms with van der Waals surface area (Å²) in [6.07, 6.45) is 5.86. The quantitative estimate of drug-likeness (QED) is 0.788. The molecule has 1 saturated heterocycles. The number of nitrogens with one attached hydrogen (secondary N) is 2. The molecule has 2 unspecified atom stereocenters. The molecule has 2 aliphatic rings. The minimum absolute atomic E-state index is 0.204. The van der Waals surface area contributed by atoms with Crippen LogP contribution in [-0.2, 0) is 4.74 Å². The van der Waals surface area contributed by atoms with Crippen LogP contribution in [-0.4, -0.2) is 54.9 Å². The summed E-state index contributed by atoms with van der Waals surface area (Å²) in [5.41, 5.74) is -0.434. The first kappa shape index (κ1) is 18.5. The number of hydrogen-bond acceptors (Lipinski definition) is 4. The Morgan fingerprint density at radius 3 is 2.57 bits per heavy atom. The van der Waals surface area contributed by atoms with E-state index in [1.807, 2.05) is 20.8 Å². The Bertz CT molecular complexity index is 377. The molecule has 0 aromatic rings. The second-order valence-electron chi connectivity index (χ2n) is 8.06. The first-order valence-corrected chi connectivity index (χ1v) is 9.32. The van der Waals surface area contributed by atoms with Crippen molar-refractivity contribution in [2.24, 2.45) is 5.92 Å². The van der Waals surface area contributed by atoms with Gasteiger partial charge in [-0.3, -0.25) is 0 Å². The zero-order valence-corrected chi connectivity index (χ0v) is 15.4. The molecule has 5 heteroatoms. The van der Waals surface area contributed by atoms with Crippen molar-refractivity contribution < 1.29 is 9.53 Å². The molecular weight excluding hydrogens is 290 g/mol. The van der Waals surface area contributed by atoms with E-state index in [0.29, 0.717) is 12.0 Å². The highest BCUT2D eigenvalue weighted by atomic mass is 16.6. The molecule has 1 saturated carbocycles. The lowest BCUT2D eigenvalue weighted by atomic mass is 10.1. The molecule has 2 rings (SSSR count). The number of amides is 1. The Labute approximate surface area is 141 Å². The second-order valence-corrected chi connectivity index (χ2v) is 8.06. The van der Waals surface area contributed by atoms with Crippen molar-refractivity contribution in [2.45, 2.75) is 77.5 Å². The van der Waals surface area contributed by atoms with Crippen LogP contribution in [0.15, 0.2) is 0 Å². The molecule has 0 radical (unpaired) electrons. The Kier molecular flexibility index (Phi) is 6.72. The number of alkyl carbamates (subject to hydrolysis) is 1. The summed E-state index contributed by atoms with van der Waals surface area (Å²) >= 11 is 0. The Balaban J connectivity index is 1.75. The van der Waals surface area contributed by atoms with Crippen molar-refractivity contribution in [3.8, 4) is 0 Å². The average Bonchev–Trinajstić information content (AvgIpc) is 3.28. The van der Waals surface area contributed by atoms with Gasteiger partial charge in [-0.05, 0) is 78.4 Å². The summed E-state index contributed by atoms with van der Waals surface area (Å²) in [6.45, 7) is 12.4. The average molecular weight is 325 g/mol. The summed E-state index contributed by atoms with van der Waals surface area (Å²) in [5.74, 6) is 0.618. The largest absolute Gasteiger partial charge is 0.444 e. The molecule has 23 heavy (non-hydrogen) atoms. The molecule has 1 amide bonds. The van der Waals surface area contributed by atoms with E-state index < -0.39 is 5.60 Å². The maximum absolute atomic E-state index is 12.0. The first-order chi connectivity index (χ1) is 10.9. The molecule has 1 heterocycles. The molecular formula is C18H35N3O2. The first-order valence-electron chi connectivity index (χ1n) is 9.32. The SMILES string of the molecule is CCN1CCCC(NCC(NC(=O)OC(C)(C)C)C2CC2)CC1. The summed E-state index contributed by atoms with van der Waals surface area (Å²) in [7, 11) is 0. The van der Waals surface area contributed by atoms with Crippen LogP contribution in [0.4, 0.5) is 4.79 Å². The summed E-state index contributed by atoms with van der Waals surface area (Å²) in [5, 5.41) is 6.78. The number of carbonyl (C=O) groups is 1. The number of rotatable bonds is 6. The van der Waals surface area contributed by atoms with Crippen molar-refractivity contribution in [1.82, 2.24) is 15.5 Å². The van der Waals surface area contributed by atoms with Gasteiger partial charge in [-0.25, -0.2) is 4.79 Å². The lowest BCUT2D eigenvalue weighted by molar-refractivity contribution is 0.0496. The van der Waals surface area contributed by atoms with Crippen LogP contribution in [0.2, 0.25) is 0 Å². The van der Waals surface area contributed by atoms with Gasteiger partial charge < -0.3 is 20.3 Å². The van der Waals surface area contributed by atoms with E-state index in [1.165, 1.54) is 45.2 Å². The van der Waals surface area contributed by atoms with Crippen LogP contribution in [0.3, 0.4) is 0 Å². The third-order valence-corrected chi connectivity index (χ3v) is 4.79. The second kappa shape index (κ2) is 8.34. The van der Waals surface area contributed by atoms with E-state index in [9.17, 15) is 4.79 Å². The molecule has 0 spiro atoms. The molecule has 1 aliphatic carbocycles. The van der Waals surface area contributed by atoms with Gasteiger partial charge in [-0.1, -0.05) is 6.92 Å². The van der Waals surface area contributed by atoms with Gasteiger partial charge in [0.2, 0.25) is 0 Å². The standard InChI is InChI=1S/C18H35N3O2/c1-5-21-11-6-7-15(10-12-21)19-13-16(14-8-9-14)20-17(22)23-18(2,3)4/h14-16,19H,5-13H2,1-4H3,(H,20,22). The van der Waals surface area contributed by atoms with Gasteiger partial charge in [0.1, 0.15) is 5.60 Å². The number of likely N-dealkylation sites (tertiary alicyclic amines) is 1. The molecule has 0 bridgehead atoms. The highest BCUT2D eigenvalue weighted by molar-refractivity contribution is 5.68. The summed E-state index contributed by atoms with van der Waals surface area (Å²) in [4.78, 5) is 14.5. The number of hydrogen-bond donors (Lipinski definition) is 2. The fourth-order valence-electron chi connectivity index (χ4n) is 3.26. The fraction of sp³-hybridized carbons (Fsp3) is 0.944. The topological polar surface area (TPSA) is 53.6 Å². The molecule has 2 N–H and O–H groups in total. The summed E-state index contributed by atoms with van der Waals surface area (Å²) < 4.78 is 5.40. The highest BCUT2D eigenvalue weighted by Crippen LogP contribution is 2.32. The van der Waals surface area contributed by atoms with E-state index in [2.05, 4.69) is 22.5 Å².